The number of anilines is 1. The fraction of sp³-hybridized carbons (Fsp3) is 0.0625. The quantitative estimate of drug-likeness (QED) is 0.791. The number of rotatable bonds is 4. The zero-order chi connectivity index (χ0) is 14.7. The summed E-state index contributed by atoms with van der Waals surface area (Å²) in [6.07, 6.45) is 3.55. The van der Waals surface area contributed by atoms with Crippen molar-refractivity contribution < 1.29 is 8.78 Å². The van der Waals surface area contributed by atoms with Gasteiger partial charge in [0.25, 0.3) is 0 Å². The fourth-order valence-electron chi connectivity index (χ4n) is 2.04. The van der Waals surface area contributed by atoms with Crippen LogP contribution in [-0.2, 0) is 6.54 Å². The number of aromatic nitrogens is 2. The van der Waals surface area contributed by atoms with Crippen molar-refractivity contribution in [1.29, 1.82) is 0 Å². The van der Waals surface area contributed by atoms with Crippen LogP contribution in [0.3, 0.4) is 0 Å². The molecule has 3 nitrogen and oxygen atoms in total. The van der Waals surface area contributed by atoms with Crippen LogP contribution in [0.5, 0.6) is 0 Å². The van der Waals surface area contributed by atoms with Gasteiger partial charge in [0.15, 0.2) is 0 Å². The third-order valence-corrected chi connectivity index (χ3v) is 3.11. The first-order chi connectivity index (χ1) is 10.2. The summed E-state index contributed by atoms with van der Waals surface area (Å²) in [5.74, 6) is -1.12. The van der Waals surface area contributed by atoms with E-state index < -0.39 is 11.6 Å². The molecular formula is C16H13F2N3. The molecular weight excluding hydrogens is 272 g/mol. The molecule has 0 radical (unpaired) electrons. The van der Waals surface area contributed by atoms with Crippen LogP contribution in [0.15, 0.2) is 60.9 Å². The molecule has 0 aliphatic rings. The van der Waals surface area contributed by atoms with Crippen molar-refractivity contribution in [1.82, 2.24) is 9.78 Å². The van der Waals surface area contributed by atoms with Crippen molar-refractivity contribution in [2.24, 2.45) is 0 Å². The van der Waals surface area contributed by atoms with E-state index in [9.17, 15) is 8.78 Å². The van der Waals surface area contributed by atoms with Crippen LogP contribution in [-0.4, -0.2) is 9.78 Å². The van der Waals surface area contributed by atoms with E-state index in [2.05, 4.69) is 10.4 Å². The summed E-state index contributed by atoms with van der Waals surface area (Å²) < 4.78 is 28.2. The monoisotopic (exact) mass is 285 g/mol. The summed E-state index contributed by atoms with van der Waals surface area (Å²) in [4.78, 5) is 0. The molecule has 0 atom stereocenters. The number of nitrogens with one attached hydrogen (secondary N) is 1. The van der Waals surface area contributed by atoms with E-state index in [-0.39, 0.29) is 6.54 Å². The van der Waals surface area contributed by atoms with Gasteiger partial charge in [-0.3, -0.25) is 0 Å². The Morgan fingerprint density at radius 2 is 1.95 bits per heavy atom. The van der Waals surface area contributed by atoms with Gasteiger partial charge in [-0.15, -0.1) is 0 Å². The van der Waals surface area contributed by atoms with Gasteiger partial charge in [-0.05, 0) is 30.3 Å². The summed E-state index contributed by atoms with van der Waals surface area (Å²) >= 11 is 0. The van der Waals surface area contributed by atoms with E-state index in [1.165, 1.54) is 12.1 Å². The summed E-state index contributed by atoms with van der Waals surface area (Å²) in [6, 6.07) is 13.0. The van der Waals surface area contributed by atoms with Gasteiger partial charge in [0.1, 0.15) is 11.6 Å². The lowest BCUT2D eigenvalue weighted by molar-refractivity contribution is 0.574. The minimum absolute atomic E-state index is 0.286. The van der Waals surface area contributed by atoms with Gasteiger partial charge in [0.05, 0.1) is 5.69 Å². The average Bonchev–Trinajstić information content (AvgIpc) is 3.01. The van der Waals surface area contributed by atoms with E-state index in [0.29, 0.717) is 5.56 Å². The third-order valence-electron chi connectivity index (χ3n) is 3.11. The molecule has 0 unspecified atom stereocenters. The third kappa shape index (κ3) is 3.08. The van der Waals surface area contributed by atoms with Gasteiger partial charge in [-0.25, -0.2) is 13.5 Å². The summed E-state index contributed by atoms with van der Waals surface area (Å²) in [7, 11) is 0. The van der Waals surface area contributed by atoms with Crippen LogP contribution in [0.1, 0.15) is 5.56 Å². The molecule has 0 saturated carbocycles. The highest BCUT2D eigenvalue weighted by Gasteiger charge is 2.04. The Labute approximate surface area is 120 Å². The maximum atomic E-state index is 13.6. The maximum absolute atomic E-state index is 13.6. The van der Waals surface area contributed by atoms with Gasteiger partial charge >= 0.3 is 0 Å². The van der Waals surface area contributed by atoms with E-state index >= 15 is 0 Å². The first-order valence-corrected chi connectivity index (χ1v) is 6.50. The largest absolute Gasteiger partial charge is 0.381 e. The Hall–Kier alpha value is -2.69. The van der Waals surface area contributed by atoms with Crippen LogP contribution in [0.25, 0.3) is 5.69 Å². The molecule has 1 N–H and O–H groups in total. The lowest BCUT2D eigenvalue weighted by atomic mass is 10.2. The summed E-state index contributed by atoms with van der Waals surface area (Å²) in [5, 5.41) is 7.28. The minimum Gasteiger partial charge on any atom is -0.381 e. The first kappa shape index (κ1) is 13.3. The summed E-state index contributed by atoms with van der Waals surface area (Å²) in [5.41, 5.74) is 2.16. The Kier molecular flexibility index (Phi) is 3.64. The molecule has 106 valence electrons. The number of benzene rings is 2. The molecule has 1 heterocycles. The second-order valence-corrected chi connectivity index (χ2v) is 4.59. The first-order valence-electron chi connectivity index (χ1n) is 6.50. The molecule has 0 bridgehead atoms. The number of hydrogen-bond acceptors (Lipinski definition) is 2. The van der Waals surface area contributed by atoms with Gasteiger partial charge < -0.3 is 5.32 Å². The molecule has 5 heteroatoms. The molecule has 3 rings (SSSR count). The van der Waals surface area contributed by atoms with E-state index in [1.54, 1.807) is 10.9 Å². The molecule has 0 aliphatic heterocycles. The van der Waals surface area contributed by atoms with Crippen LogP contribution in [0.2, 0.25) is 0 Å². The molecule has 0 spiro atoms. The van der Waals surface area contributed by atoms with Crippen LogP contribution in [0, 0.1) is 11.6 Å². The zero-order valence-electron chi connectivity index (χ0n) is 11.1. The van der Waals surface area contributed by atoms with E-state index in [0.717, 1.165) is 17.4 Å². The van der Waals surface area contributed by atoms with Crippen LogP contribution in [0.4, 0.5) is 14.5 Å². The number of halogens is 2. The van der Waals surface area contributed by atoms with Crippen molar-refractivity contribution in [3.8, 4) is 5.69 Å². The lowest BCUT2D eigenvalue weighted by Crippen LogP contribution is -2.03. The molecule has 0 saturated heterocycles. The van der Waals surface area contributed by atoms with Crippen molar-refractivity contribution >= 4 is 5.69 Å². The normalized spacial score (nSPS) is 10.6. The molecule has 3 aromatic rings. The second kappa shape index (κ2) is 5.75. The molecule has 1 aromatic heterocycles. The Morgan fingerprint density at radius 1 is 1.05 bits per heavy atom. The maximum Gasteiger partial charge on any atom is 0.131 e. The van der Waals surface area contributed by atoms with Crippen molar-refractivity contribution in [2.75, 3.05) is 5.32 Å². The fourth-order valence-corrected chi connectivity index (χ4v) is 2.04. The molecule has 2 aromatic carbocycles. The molecule has 0 amide bonds. The van der Waals surface area contributed by atoms with E-state index in [1.807, 2.05) is 36.5 Å². The van der Waals surface area contributed by atoms with Crippen LogP contribution < -0.4 is 5.32 Å². The van der Waals surface area contributed by atoms with Crippen molar-refractivity contribution in [3.05, 3.63) is 78.1 Å². The van der Waals surface area contributed by atoms with Gasteiger partial charge in [-0.1, -0.05) is 12.1 Å². The highest BCUT2D eigenvalue weighted by atomic mass is 19.1. The van der Waals surface area contributed by atoms with Crippen LogP contribution >= 0.6 is 0 Å². The Bertz CT molecular complexity index is 739. The molecule has 0 fully saturated rings. The van der Waals surface area contributed by atoms with Gasteiger partial charge in [0.2, 0.25) is 0 Å². The highest BCUT2D eigenvalue weighted by Crippen LogP contribution is 2.16. The topological polar surface area (TPSA) is 29.9 Å². The molecule has 0 aliphatic carbocycles. The Morgan fingerprint density at radius 3 is 2.71 bits per heavy atom. The average molecular weight is 285 g/mol. The van der Waals surface area contributed by atoms with Gasteiger partial charge in [0, 0.05) is 36.3 Å². The number of nitrogens with zero attached hydrogens (tertiary/aromatic N) is 2. The van der Waals surface area contributed by atoms with Crippen molar-refractivity contribution in [3.63, 3.8) is 0 Å². The SMILES string of the molecule is Fc1ccc(CNc2cccc(-n3cccn3)c2)c(F)c1. The minimum atomic E-state index is -0.572. The predicted molar refractivity (Wildman–Crippen MR) is 77.2 cm³/mol. The lowest BCUT2D eigenvalue weighted by Gasteiger charge is -2.09. The van der Waals surface area contributed by atoms with E-state index in [4.69, 9.17) is 0 Å². The number of hydrogen-bond donors (Lipinski definition) is 1. The van der Waals surface area contributed by atoms with Gasteiger partial charge in [-0.2, -0.15) is 5.10 Å². The standard InChI is InChI=1S/C16H13F2N3/c17-13-6-5-12(16(18)9-13)11-19-14-3-1-4-15(10-14)21-8-2-7-20-21/h1-10,19H,11H2. The smallest absolute Gasteiger partial charge is 0.131 e. The Balaban J connectivity index is 1.75. The predicted octanol–water partition coefficient (Wildman–Crippen LogP) is 3.76. The highest BCUT2D eigenvalue weighted by molar-refractivity contribution is 5.51. The molecule has 21 heavy (non-hydrogen) atoms. The summed E-state index contributed by atoms with van der Waals surface area (Å²) in [6.45, 7) is 0.286. The zero-order valence-corrected chi connectivity index (χ0v) is 11.1. The second-order valence-electron chi connectivity index (χ2n) is 4.59. The van der Waals surface area contributed by atoms with Crippen molar-refractivity contribution in [2.45, 2.75) is 6.54 Å².